The van der Waals surface area contributed by atoms with Crippen LogP contribution in [0.15, 0.2) is 24.7 Å². The van der Waals surface area contributed by atoms with Gasteiger partial charge in [0.25, 0.3) is 5.91 Å². The summed E-state index contributed by atoms with van der Waals surface area (Å²) in [5.74, 6) is -0.362. The smallest absolute Gasteiger partial charge is 0.257 e. The van der Waals surface area contributed by atoms with Crippen LogP contribution < -0.4 is 5.32 Å². The van der Waals surface area contributed by atoms with Gasteiger partial charge in [-0.3, -0.25) is 9.78 Å². The largest absolute Gasteiger partial charge is 0.317 e. The SMILES string of the molecule is Cc1ncccc1C(=O)Nc1c(Cl)ncnc1Cl. The number of carbonyl (C=O) groups is 1. The highest BCUT2D eigenvalue weighted by molar-refractivity contribution is 6.38. The van der Waals surface area contributed by atoms with Gasteiger partial charge in [0, 0.05) is 11.9 Å². The van der Waals surface area contributed by atoms with E-state index in [4.69, 9.17) is 23.2 Å². The Morgan fingerprint density at radius 3 is 2.50 bits per heavy atom. The number of carbonyl (C=O) groups excluding carboxylic acids is 1. The topological polar surface area (TPSA) is 67.8 Å². The average molecular weight is 283 g/mol. The Kier molecular flexibility index (Phi) is 3.74. The van der Waals surface area contributed by atoms with Crippen molar-refractivity contribution in [2.75, 3.05) is 5.32 Å². The Morgan fingerprint density at radius 2 is 1.89 bits per heavy atom. The minimum atomic E-state index is -0.362. The number of nitrogens with one attached hydrogen (secondary N) is 1. The first-order valence-corrected chi connectivity index (χ1v) is 5.74. The summed E-state index contributed by atoms with van der Waals surface area (Å²) in [5, 5.41) is 2.74. The monoisotopic (exact) mass is 282 g/mol. The van der Waals surface area contributed by atoms with Crippen LogP contribution >= 0.6 is 23.2 Å². The standard InChI is InChI=1S/C11H8Cl2N4O/c1-6-7(3-2-4-14-6)11(18)17-8-9(12)15-5-16-10(8)13/h2-5H,1H3,(H,17,18). The van der Waals surface area contributed by atoms with E-state index in [9.17, 15) is 4.79 Å². The van der Waals surface area contributed by atoms with Crippen LogP contribution in [0.4, 0.5) is 5.69 Å². The van der Waals surface area contributed by atoms with Gasteiger partial charge in [0.05, 0.1) is 5.56 Å². The van der Waals surface area contributed by atoms with Gasteiger partial charge < -0.3 is 5.32 Å². The molecule has 5 nitrogen and oxygen atoms in total. The quantitative estimate of drug-likeness (QED) is 0.860. The second-order valence-corrected chi connectivity index (χ2v) is 4.14. The number of amides is 1. The van der Waals surface area contributed by atoms with Gasteiger partial charge in [0.1, 0.15) is 12.0 Å². The molecule has 18 heavy (non-hydrogen) atoms. The number of halogens is 2. The summed E-state index contributed by atoms with van der Waals surface area (Å²) in [4.78, 5) is 23.5. The van der Waals surface area contributed by atoms with E-state index >= 15 is 0 Å². The zero-order chi connectivity index (χ0) is 13.1. The number of aryl methyl sites for hydroxylation is 1. The van der Waals surface area contributed by atoms with Gasteiger partial charge in [-0.1, -0.05) is 23.2 Å². The van der Waals surface area contributed by atoms with Crippen molar-refractivity contribution in [3.05, 3.63) is 46.2 Å². The van der Waals surface area contributed by atoms with Crippen LogP contribution in [0.1, 0.15) is 16.1 Å². The maximum atomic E-state index is 12.0. The van der Waals surface area contributed by atoms with Crippen LogP contribution in [0, 0.1) is 6.92 Å². The average Bonchev–Trinajstić information content (AvgIpc) is 2.34. The van der Waals surface area contributed by atoms with Gasteiger partial charge in [-0.15, -0.1) is 0 Å². The number of nitrogens with zero attached hydrogens (tertiary/aromatic N) is 3. The molecule has 0 unspecified atom stereocenters. The van der Waals surface area contributed by atoms with E-state index in [-0.39, 0.29) is 21.9 Å². The van der Waals surface area contributed by atoms with Crippen LogP contribution in [-0.4, -0.2) is 20.9 Å². The zero-order valence-corrected chi connectivity index (χ0v) is 10.8. The molecule has 2 heterocycles. The molecule has 1 amide bonds. The molecule has 2 aromatic heterocycles. The highest BCUT2D eigenvalue weighted by atomic mass is 35.5. The Balaban J connectivity index is 2.30. The zero-order valence-electron chi connectivity index (χ0n) is 9.32. The molecule has 0 bridgehead atoms. The molecule has 0 atom stereocenters. The molecule has 0 radical (unpaired) electrons. The molecule has 0 aliphatic heterocycles. The van der Waals surface area contributed by atoms with Gasteiger partial charge >= 0.3 is 0 Å². The predicted molar refractivity (Wildman–Crippen MR) is 69.0 cm³/mol. The second-order valence-electron chi connectivity index (χ2n) is 3.42. The number of rotatable bonds is 2. The molecule has 0 aliphatic carbocycles. The van der Waals surface area contributed by atoms with Crippen LogP contribution in [0.3, 0.4) is 0 Å². The maximum absolute atomic E-state index is 12.0. The summed E-state index contributed by atoms with van der Waals surface area (Å²) in [6.45, 7) is 1.74. The Bertz CT molecular complexity index is 583. The molecule has 0 spiro atoms. The molecular formula is C11H8Cl2N4O. The Morgan fingerprint density at radius 1 is 1.22 bits per heavy atom. The predicted octanol–water partition coefficient (Wildman–Crippen LogP) is 2.74. The summed E-state index contributed by atoms with van der Waals surface area (Å²) in [7, 11) is 0. The second kappa shape index (κ2) is 5.29. The molecule has 0 saturated carbocycles. The molecule has 1 N–H and O–H groups in total. The van der Waals surface area contributed by atoms with Crippen molar-refractivity contribution in [2.45, 2.75) is 6.92 Å². The van der Waals surface area contributed by atoms with E-state index in [2.05, 4.69) is 20.3 Å². The van der Waals surface area contributed by atoms with Crippen molar-refractivity contribution < 1.29 is 4.79 Å². The molecule has 2 rings (SSSR count). The number of hydrogen-bond donors (Lipinski definition) is 1. The number of aromatic nitrogens is 3. The minimum absolute atomic E-state index is 0.0879. The van der Waals surface area contributed by atoms with Crippen molar-refractivity contribution >= 4 is 34.8 Å². The highest BCUT2D eigenvalue weighted by Gasteiger charge is 2.14. The lowest BCUT2D eigenvalue weighted by molar-refractivity contribution is 0.102. The summed E-state index contributed by atoms with van der Waals surface area (Å²) in [6, 6.07) is 3.33. The third-order valence-electron chi connectivity index (χ3n) is 2.24. The maximum Gasteiger partial charge on any atom is 0.257 e. The van der Waals surface area contributed by atoms with Crippen molar-refractivity contribution in [3.63, 3.8) is 0 Å². The van der Waals surface area contributed by atoms with Crippen molar-refractivity contribution in [3.8, 4) is 0 Å². The van der Waals surface area contributed by atoms with E-state index in [1.165, 1.54) is 6.33 Å². The fourth-order valence-corrected chi connectivity index (χ4v) is 1.76. The molecule has 92 valence electrons. The van der Waals surface area contributed by atoms with Gasteiger partial charge in [-0.2, -0.15) is 0 Å². The first-order chi connectivity index (χ1) is 8.59. The highest BCUT2D eigenvalue weighted by Crippen LogP contribution is 2.26. The van der Waals surface area contributed by atoms with E-state index in [1.807, 2.05) is 0 Å². The van der Waals surface area contributed by atoms with Crippen molar-refractivity contribution in [1.82, 2.24) is 15.0 Å². The number of hydrogen-bond acceptors (Lipinski definition) is 4. The van der Waals surface area contributed by atoms with Crippen molar-refractivity contribution in [2.24, 2.45) is 0 Å². The van der Waals surface area contributed by atoms with E-state index in [1.54, 1.807) is 25.3 Å². The van der Waals surface area contributed by atoms with Crippen LogP contribution in [-0.2, 0) is 0 Å². The lowest BCUT2D eigenvalue weighted by Crippen LogP contribution is -2.15. The third kappa shape index (κ3) is 2.57. The first kappa shape index (κ1) is 12.7. The molecule has 2 aromatic rings. The lowest BCUT2D eigenvalue weighted by Gasteiger charge is -2.08. The minimum Gasteiger partial charge on any atom is -0.317 e. The molecular weight excluding hydrogens is 275 g/mol. The number of pyridine rings is 1. The van der Waals surface area contributed by atoms with Crippen LogP contribution in [0.25, 0.3) is 0 Å². The molecule has 7 heteroatoms. The molecule has 0 aromatic carbocycles. The van der Waals surface area contributed by atoms with Crippen molar-refractivity contribution in [1.29, 1.82) is 0 Å². The van der Waals surface area contributed by atoms with Crippen LogP contribution in [0.5, 0.6) is 0 Å². The Hall–Kier alpha value is -1.72. The fraction of sp³-hybridized carbons (Fsp3) is 0.0909. The summed E-state index contributed by atoms with van der Waals surface area (Å²) < 4.78 is 0. The molecule has 0 fully saturated rings. The molecule has 0 aliphatic rings. The third-order valence-corrected chi connectivity index (χ3v) is 2.82. The lowest BCUT2D eigenvalue weighted by atomic mass is 10.2. The van der Waals surface area contributed by atoms with Gasteiger partial charge in [-0.25, -0.2) is 9.97 Å². The van der Waals surface area contributed by atoms with Crippen LogP contribution in [0.2, 0.25) is 10.3 Å². The summed E-state index contributed by atoms with van der Waals surface area (Å²) in [5.41, 5.74) is 1.24. The van der Waals surface area contributed by atoms with Gasteiger partial charge in [-0.05, 0) is 19.1 Å². The summed E-state index contributed by atoms with van der Waals surface area (Å²) >= 11 is 11.7. The van der Waals surface area contributed by atoms with Gasteiger partial charge in [0.2, 0.25) is 0 Å². The summed E-state index contributed by atoms with van der Waals surface area (Å²) in [6.07, 6.45) is 2.83. The van der Waals surface area contributed by atoms with E-state index < -0.39 is 0 Å². The Labute approximate surface area is 113 Å². The normalized spacial score (nSPS) is 10.2. The van der Waals surface area contributed by atoms with Gasteiger partial charge in [0.15, 0.2) is 10.3 Å². The number of anilines is 1. The first-order valence-electron chi connectivity index (χ1n) is 4.98. The fourth-order valence-electron chi connectivity index (χ4n) is 1.35. The molecule has 0 saturated heterocycles. The van der Waals surface area contributed by atoms with E-state index in [0.29, 0.717) is 11.3 Å². The van der Waals surface area contributed by atoms with E-state index in [0.717, 1.165) is 0 Å².